The number of thiazole rings is 1. The van der Waals surface area contributed by atoms with E-state index >= 15 is 0 Å². The summed E-state index contributed by atoms with van der Waals surface area (Å²) in [5.41, 5.74) is 1.92. The van der Waals surface area contributed by atoms with Crippen molar-refractivity contribution in [3.8, 4) is 0 Å². The molecule has 2 rings (SSSR count). The lowest BCUT2D eigenvalue weighted by molar-refractivity contribution is -0.120. The lowest BCUT2D eigenvalue weighted by Crippen LogP contribution is -2.24. The second-order valence-electron chi connectivity index (χ2n) is 4.93. The van der Waals surface area contributed by atoms with Crippen molar-refractivity contribution in [2.24, 2.45) is 0 Å². The fourth-order valence-electron chi connectivity index (χ4n) is 1.90. The molecule has 1 amide bonds. The van der Waals surface area contributed by atoms with Crippen LogP contribution >= 0.6 is 22.9 Å². The Hall–Kier alpha value is -1.34. The fraction of sp³-hybridized carbons (Fsp3) is 0.538. The third-order valence-electron chi connectivity index (χ3n) is 2.90. The van der Waals surface area contributed by atoms with Gasteiger partial charge in [0.2, 0.25) is 5.91 Å². The Morgan fingerprint density at radius 1 is 1.30 bits per heavy atom. The highest BCUT2D eigenvalue weighted by Crippen LogP contribution is 2.20. The van der Waals surface area contributed by atoms with Crippen molar-refractivity contribution in [1.82, 2.24) is 19.9 Å². The monoisotopic (exact) mass is 310 g/mol. The van der Waals surface area contributed by atoms with Crippen LogP contribution in [0, 0.1) is 13.8 Å². The lowest BCUT2D eigenvalue weighted by atomic mass is 10.1. The van der Waals surface area contributed by atoms with Crippen molar-refractivity contribution < 1.29 is 4.79 Å². The number of nitrogens with one attached hydrogen (secondary N) is 1. The minimum absolute atomic E-state index is 0.0138. The molecule has 20 heavy (non-hydrogen) atoms. The molecule has 0 saturated heterocycles. The molecule has 0 aromatic carbocycles. The van der Waals surface area contributed by atoms with Gasteiger partial charge in [-0.3, -0.25) is 4.79 Å². The van der Waals surface area contributed by atoms with E-state index in [-0.39, 0.29) is 5.91 Å². The molecule has 0 radical (unpaired) electrons. The zero-order chi connectivity index (χ0) is 14.7. The first-order valence-electron chi connectivity index (χ1n) is 6.48. The molecule has 2 aromatic rings. The van der Waals surface area contributed by atoms with Gasteiger partial charge < -0.3 is 5.32 Å². The predicted octanol–water partition coefficient (Wildman–Crippen LogP) is 2.59. The van der Waals surface area contributed by atoms with Crippen LogP contribution in [0.2, 0.25) is 0 Å². The van der Waals surface area contributed by atoms with Gasteiger partial charge in [0.05, 0.1) is 34.2 Å². The average Bonchev–Trinajstić information content (AvgIpc) is 2.94. The Morgan fingerprint density at radius 2 is 2.05 bits per heavy atom. The molecular formula is C13H18N4OS2. The van der Waals surface area contributed by atoms with Gasteiger partial charge in [0.15, 0.2) is 0 Å². The van der Waals surface area contributed by atoms with E-state index in [0.717, 1.165) is 26.1 Å². The average molecular weight is 310 g/mol. The van der Waals surface area contributed by atoms with Gasteiger partial charge >= 0.3 is 0 Å². The SMILES string of the molecule is Cc1nc(C)c(CC(=O)NCc2snnc2C(C)C)s1. The summed E-state index contributed by atoms with van der Waals surface area (Å²) in [5.74, 6) is 0.340. The molecule has 2 heterocycles. The number of hydrogen-bond acceptors (Lipinski definition) is 6. The van der Waals surface area contributed by atoms with Crippen LogP contribution in [0.1, 0.15) is 45.9 Å². The smallest absolute Gasteiger partial charge is 0.225 e. The Kier molecular flexibility index (Phi) is 4.82. The molecule has 108 valence electrons. The molecule has 0 aliphatic carbocycles. The van der Waals surface area contributed by atoms with Crippen LogP contribution in [-0.2, 0) is 17.8 Å². The van der Waals surface area contributed by atoms with Crippen molar-refractivity contribution in [2.75, 3.05) is 0 Å². The molecule has 5 nitrogen and oxygen atoms in total. The second-order valence-corrected chi connectivity index (χ2v) is 7.06. The van der Waals surface area contributed by atoms with Gasteiger partial charge in [0, 0.05) is 4.88 Å². The summed E-state index contributed by atoms with van der Waals surface area (Å²) in [6.45, 7) is 8.55. The van der Waals surface area contributed by atoms with E-state index in [1.54, 1.807) is 11.3 Å². The van der Waals surface area contributed by atoms with Gasteiger partial charge in [-0.05, 0) is 31.3 Å². The predicted molar refractivity (Wildman–Crippen MR) is 81.1 cm³/mol. The first kappa shape index (κ1) is 15.1. The molecule has 0 aliphatic rings. The fourth-order valence-corrected chi connectivity index (χ4v) is 3.57. The highest BCUT2D eigenvalue weighted by atomic mass is 32.1. The number of carbonyl (C=O) groups is 1. The highest BCUT2D eigenvalue weighted by molar-refractivity contribution is 7.11. The number of hydrogen-bond donors (Lipinski definition) is 1. The quantitative estimate of drug-likeness (QED) is 0.921. The van der Waals surface area contributed by atoms with Crippen molar-refractivity contribution in [3.05, 3.63) is 26.1 Å². The van der Waals surface area contributed by atoms with Crippen LogP contribution in [0.3, 0.4) is 0 Å². The van der Waals surface area contributed by atoms with Gasteiger partial charge in [-0.2, -0.15) is 0 Å². The van der Waals surface area contributed by atoms with E-state index in [2.05, 4.69) is 33.7 Å². The Morgan fingerprint density at radius 3 is 2.65 bits per heavy atom. The number of nitrogens with zero attached hydrogens (tertiary/aromatic N) is 3. The van der Waals surface area contributed by atoms with Gasteiger partial charge in [0.25, 0.3) is 0 Å². The summed E-state index contributed by atoms with van der Waals surface area (Å²) >= 11 is 2.93. The molecule has 1 N–H and O–H groups in total. The van der Waals surface area contributed by atoms with E-state index in [1.807, 2.05) is 13.8 Å². The van der Waals surface area contributed by atoms with Gasteiger partial charge in [-0.25, -0.2) is 4.98 Å². The number of rotatable bonds is 5. The molecule has 0 spiro atoms. The Balaban J connectivity index is 1.92. The highest BCUT2D eigenvalue weighted by Gasteiger charge is 2.14. The summed E-state index contributed by atoms with van der Waals surface area (Å²) in [4.78, 5) is 18.4. The summed E-state index contributed by atoms with van der Waals surface area (Å²) in [7, 11) is 0. The number of carbonyl (C=O) groups excluding carboxylic acids is 1. The van der Waals surface area contributed by atoms with Crippen LogP contribution in [0.5, 0.6) is 0 Å². The van der Waals surface area contributed by atoms with E-state index in [9.17, 15) is 4.79 Å². The van der Waals surface area contributed by atoms with Gasteiger partial charge in [0.1, 0.15) is 0 Å². The van der Waals surface area contributed by atoms with Crippen molar-refractivity contribution in [1.29, 1.82) is 0 Å². The summed E-state index contributed by atoms with van der Waals surface area (Å²) in [5, 5.41) is 8.04. The second kappa shape index (κ2) is 6.41. The first-order valence-corrected chi connectivity index (χ1v) is 8.07. The molecule has 0 saturated carbocycles. The molecule has 0 aliphatic heterocycles. The maximum absolute atomic E-state index is 12.0. The largest absolute Gasteiger partial charge is 0.351 e. The Bertz CT molecular complexity index is 603. The summed E-state index contributed by atoms with van der Waals surface area (Å²) in [6.07, 6.45) is 0.389. The van der Waals surface area contributed by atoms with Crippen molar-refractivity contribution in [3.63, 3.8) is 0 Å². The van der Waals surface area contributed by atoms with Crippen LogP contribution in [0.4, 0.5) is 0 Å². The van der Waals surface area contributed by atoms with Crippen LogP contribution in [0.25, 0.3) is 0 Å². The standard InChI is InChI=1S/C13H18N4OS2/c1-7(2)13-11(20-17-16-13)6-14-12(18)5-10-8(3)15-9(4)19-10/h7H,5-6H2,1-4H3,(H,14,18). The third-order valence-corrected chi connectivity index (χ3v) is 4.71. The minimum Gasteiger partial charge on any atom is -0.351 e. The number of aromatic nitrogens is 3. The zero-order valence-electron chi connectivity index (χ0n) is 12.1. The maximum Gasteiger partial charge on any atom is 0.225 e. The molecule has 0 bridgehead atoms. The zero-order valence-corrected chi connectivity index (χ0v) is 13.7. The van der Waals surface area contributed by atoms with Crippen molar-refractivity contribution >= 4 is 28.8 Å². The number of amides is 1. The minimum atomic E-state index is 0.0138. The Labute approximate surface area is 126 Å². The van der Waals surface area contributed by atoms with Crippen LogP contribution in [0.15, 0.2) is 0 Å². The first-order chi connectivity index (χ1) is 9.47. The topological polar surface area (TPSA) is 67.8 Å². The molecule has 7 heteroatoms. The summed E-state index contributed by atoms with van der Waals surface area (Å²) in [6, 6.07) is 0. The van der Waals surface area contributed by atoms with E-state index < -0.39 is 0 Å². The van der Waals surface area contributed by atoms with Crippen LogP contribution < -0.4 is 5.32 Å². The third kappa shape index (κ3) is 3.61. The van der Waals surface area contributed by atoms with Crippen LogP contribution in [-0.4, -0.2) is 20.5 Å². The van der Waals surface area contributed by atoms with E-state index in [0.29, 0.717) is 18.9 Å². The molecule has 2 aromatic heterocycles. The number of aryl methyl sites for hydroxylation is 2. The summed E-state index contributed by atoms with van der Waals surface area (Å²) < 4.78 is 3.96. The normalized spacial score (nSPS) is 11.1. The van der Waals surface area contributed by atoms with E-state index in [1.165, 1.54) is 11.5 Å². The van der Waals surface area contributed by atoms with Gasteiger partial charge in [-0.15, -0.1) is 16.4 Å². The molecule has 0 unspecified atom stereocenters. The van der Waals surface area contributed by atoms with Crippen molar-refractivity contribution in [2.45, 2.75) is 46.6 Å². The molecule has 0 atom stereocenters. The molecular weight excluding hydrogens is 292 g/mol. The van der Waals surface area contributed by atoms with E-state index in [4.69, 9.17) is 0 Å². The lowest BCUT2D eigenvalue weighted by Gasteiger charge is -2.06. The van der Waals surface area contributed by atoms with Gasteiger partial charge in [-0.1, -0.05) is 18.3 Å². The molecule has 0 fully saturated rings. The maximum atomic E-state index is 12.0.